The first-order chi connectivity index (χ1) is 13.7. The Hall–Kier alpha value is -2.63. The molecule has 1 aliphatic rings. The van der Waals surface area contributed by atoms with Crippen LogP contribution < -0.4 is 5.32 Å². The standard InChI is InChI=1S/C23H20ClNO3S/c1-23(14-15-7-10-17(11-8-15)29(2,27)28)19-12-9-16(13-21(19)25-22(23)26)18-5-3-4-6-20(18)24/h3-13H,14H2,1-2H3,(H,25,26). The first-order valence-corrected chi connectivity index (χ1v) is 11.5. The number of halogens is 1. The van der Waals surface area contributed by atoms with Gasteiger partial charge in [-0.25, -0.2) is 8.42 Å². The molecular weight excluding hydrogens is 406 g/mol. The minimum Gasteiger partial charge on any atom is -0.325 e. The zero-order valence-corrected chi connectivity index (χ0v) is 17.6. The van der Waals surface area contributed by atoms with E-state index < -0.39 is 15.3 Å². The third-order valence-electron chi connectivity index (χ3n) is 5.46. The van der Waals surface area contributed by atoms with Crippen LogP contribution in [0.15, 0.2) is 71.6 Å². The fourth-order valence-electron chi connectivity index (χ4n) is 3.81. The van der Waals surface area contributed by atoms with Crippen molar-refractivity contribution in [3.63, 3.8) is 0 Å². The summed E-state index contributed by atoms with van der Waals surface area (Å²) in [7, 11) is -3.25. The van der Waals surface area contributed by atoms with Gasteiger partial charge in [-0.3, -0.25) is 4.79 Å². The van der Waals surface area contributed by atoms with Gasteiger partial charge < -0.3 is 5.32 Å². The Morgan fingerprint density at radius 3 is 2.34 bits per heavy atom. The summed E-state index contributed by atoms with van der Waals surface area (Å²) in [6, 6.07) is 20.2. The van der Waals surface area contributed by atoms with E-state index >= 15 is 0 Å². The van der Waals surface area contributed by atoms with Crippen LogP contribution in [0.25, 0.3) is 11.1 Å². The summed E-state index contributed by atoms with van der Waals surface area (Å²) in [6.45, 7) is 1.91. The Kier molecular flexibility index (Phi) is 4.75. The molecule has 4 nitrogen and oxygen atoms in total. The predicted octanol–water partition coefficient (Wildman–Crippen LogP) is 4.86. The molecule has 4 rings (SSSR count). The molecule has 1 atom stereocenters. The largest absolute Gasteiger partial charge is 0.325 e. The molecule has 6 heteroatoms. The van der Waals surface area contributed by atoms with E-state index in [1.54, 1.807) is 24.3 Å². The zero-order valence-electron chi connectivity index (χ0n) is 16.1. The highest BCUT2D eigenvalue weighted by atomic mass is 35.5. The maximum atomic E-state index is 12.9. The van der Waals surface area contributed by atoms with E-state index in [-0.39, 0.29) is 10.8 Å². The molecule has 0 aromatic heterocycles. The topological polar surface area (TPSA) is 63.2 Å². The van der Waals surface area contributed by atoms with Crippen LogP contribution in [0.3, 0.4) is 0 Å². The summed E-state index contributed by atoms with van der Waals surface area (Å²) >= 11 is 6.32. The van der Waals surface area contributed by atoms with Crippen molar-refractivity contribution in [2.45, 2.75) is 23.7 Å². The lowest BCUT2D eigenvalue weighted by Gasteiger charge is -2.22. The Bertz CT molecular complexity index is 1220. The van der Waals surface area contributed by atoms with Crippen molar-refractivity contribution in [3.8, 4) is 11.1 Å². The molecule has 0 saturated heterocycles. The van der Waals surface area contributed by atoms with Crippen molar-refractivity contribution in [2.24, 2.45) is 0 Å². The summed E-state index contributed by atoms with van der Waals surface area (Å²) in [4.78, 5) is 13.1. The molecule has 148 valence electrons. The monoisotopic (exact) mass is 425 g/mol. The number of carbonyl (C=O) groups excluding carboxylic acids is 1. The van der Waals surface area contributed by atoms with Gasteiger partial charge in [0.05, 0.1) is 10.3 Å². The van der Waals surface area contributed by atoms with E-state index in [0.717, 1.165) is 27.9 Å². The molecule has 3 aromatic carbocycles. The SMILES string of the molecule is CC1(Cc2ccc(S(C)(=O)=O)cc2)C(=O)Nc2cc(-c3ccccc3Cl)ccc21. The second-order valence-electron chi connectivity index (χ2n) is 7.62. The number of hydrogen-bond donors (Lipinski definition) is 1. The Labute approximate surface area is 175 Å². The third-order valence-corrected chi connectivity index (χ3v) is 6.92. The molecule has 1 unspecified atom stereocenters. The molecule has 0 fully saturated rings. The van der Waals surface area contributed by atoms with Crippen molar-refractivity contribution in [1.82, 2.24) is 0 Å². The molecule has 1 amide bonds. The highest BCUT2D eigenvalue weighted by Gasteiger charge is 2.42. The molecule has 1 aliphatic heterocycles. The van der Waals surface area contributed by atoms with Gasteiger partial charge in [0.1, 0.15) is 0 Å². The first-order valence-electron chi connectivity index (χ1n) is 9.18. The number of benzene rings is 3. The van der Waals surface area contributed by atoms with Gasteiger partial charge in [-0.2, -0.15) is 0 Å². The number of rotatable bonds is 4. The molecule has 0 saturated carbocycles. The molecule has 3 aromatic rings. The maximum Gasteiger partial charge on any atom is 0.235 e. The number of fused-ring (bicyclic) bond motifs is 1. The van der Waals surface area contributed by atoms with Crippen LogP contribution in [0, 0.1) is 0 Å². The molecule has 1 N–H and O–H groups in total. The molecule has 0 bridgehead atoms. The van der Waals surface area contributed by atoms with E-state index in [0.29, 0.717) is 11.4 Å². The van der Waals surface area contributed by atoms with Gasteiger partial charge in [0.15, 0.2) is 9.84 Å². The molecule has 0 spiro atoms. The van der Waals surface area contributed by atoms with E-state index in [2.05, 4.69) is 5.32 Å². The number of anilines is 1. The minimum atomic E-state index is -3.25. The van der Waals surface area contributed by atoms with E-state index in [9.17, 15) is 13.2 Å². The van der Waals surface area contributed by atoms with Crippen LogP contribution in [0.2, 0.25) is 5.02 Å². The fourth-order valence-corrected chi connectivity index (χ4v) is 4.69. The van der Waals surface area contributed by atoms with Gasteiger partial charge in [-0.15, -0.1) is 0 Å². The summed E-state index contributed by atoms with van der Waals surface area (Å²) in [5.74, 6) is -0.0731. The maximum absolute atomic E-state index is 12.9. The lowest BCUT2D eigenvalue weighted by atomic mass is 9.78. The quantitative estimate of drug-likeness (QED) is 0.649. The van der Waals surface area contributed by atoms with Gasteiger partial charge in [0.2, 0.25) is 5.91 Å². The fraction of sp³-hybridized carbons (Fsp3) is 0.174. The minimum absolute atomic E-state index is 0.0731. The lowest BCUT2D eigenvalue weighted by Crippen LogP contribution is -2.33. The Morgan fingerprint density at radius 2 is 1.69 bits per heavy atom. The van der Waals surface area contributed by atoms with Crippen LogP contribution in [-0.2, 0) is 26.5 Å². The van der Waals surface area contributed by atoms with Crippen LogP contribution in [0.4, 0.5) is 5.69 Å². The van der Waals surface area contributed by atoms with Gasteiger partial charge in [-0.05, 0) is 54.3 Å². The van der Waals surface area contributed by atoms with Crippen LogP contribution in [0.5, 0.6) is 0 Å². The smallest absolute Gasteiger partial charge is 0.235 e. The Balaban J connectivity index is 1.68. The lowest BCUT2D eigenvalue weighted by molar-refractivity contribution is -0.120. The molecule has 1 heterocycles. The van der Waals surface area contributed by atoms with E-state index in [4.69, 9.17) is 11.6 Å². The highest BCUT2D eigenvalue weighted by molar-refractivity contribution is 7.90. The summed E-state index contributed by atoms with van der Waals surface area (Å²) in [6.07, 6.45) is 1.65. The Morgan fingerprint density at radius 1 is 1.00 bits per heavy atom. The van der Waals surface area contributed by atoms with Crippen LogP contribution >= 0.6 is 11.6 Å². The van der Waals surface area contributed by atoms with Crippen molar-refractivity contribution < 1.29 is 13.2 Å². The number of hydrogen-bond acceptors (Lipinski definition) is 3. The van der Waals surface area contributed by atoms with Gasteiger partial charge in [0, 0.05) is 22.5 Å². The average Bonchev–Trinajstić information content (AvgIpc) is 2.91. The number of sulfone groups is 1. The third kappa shape index (κ3) is 3.56. The second kappa shape index (κ2) is 7.01. The summed E-state index contributed by atoms with van der Waals surface area (Å²) in [5, 5.41) is 3.65. The summed E-state index contributed by atoms with van der Waals surface area (Å²) in [5.41, 5.74) is 3.72. The van der Waals surface area contributed by atoms with Crippen LogP contribution in [0.1, 0.15) is 18.1 Å². The van der Waals surface area contributed by atoms with E-state index in [1.807, 2.05) is 49.4 Å². The first kappa shape index (κ1) is 19.7. The molecule has 0 aliphatic carbocycles. The average molecular weight is 426 g/mol. The van der Waals surface area contributed by atoms with Crippen molar-refractivity contribution >= 4 is 33.0 Å². The second-order valence-corrected chi connectivity index (χ2v) is 10.0. The number of nitrogens with one attached hydrogen (secondary N) is 1. The van der Waals surface area contributed by atoms with Crippen molar-refractivity contribution in [2.75, 3.05) is 11.6 Å². The molecule has 0 radical (unpaired) electrons. The van der Waals surface area contributed by atoms with Crippen LogP contribution in [-0.4, -0.2) is 20.6 Å². The van der Waals surface area contributed by atoms with Crippen molar-refractivity contribution in [3.05, 3.63) is 82.9 Å². The van der Waals surface area contributed by atoms with Gasteiger partial charge in [0.25, 0.3) is 0 Å². The number of carbonyl (C=O) groups is 1. The normalized spacial score (nSPS) is 18.4. The van der Waals surface area contributed by atoms with Gasteiger partial charge in [-0.1, -0.05) is 54.1 Å². The van der Waals surface area contributed by atoms with Gasteiger partial charge >= 0.3 is 0 Å². The predicted molar refractivity (Wildman–Crippen MR) is 116 cm³/mol. The molecular formula is C23H20ClNO3S. The highest BCUT2D eigenvalue weighted by Crippen LogP contribution is 2.42. The van der Waals surface area contributed by atoms with Crippen molar-refractivity contribution in [1.29, 1.82) is 0 Å². The zero-order chi connectivity index (χ0) is 20.8. The molecule has 29 heavy (non-hydrogen) atoms. The number of amides is 1. The van der Waals surface area contributed by atoms with E-state index in [1.165, 1.54) is 6.26 Å². The summed E-state index contributed by atoms with van der Waals surface area (Å²) < 4.78 is 23.3.